The van der Waals surface area contributed by atoms with Crippen molar-refractivity contribution < 1.29 is 67.3 Å². The van der Waals surface area contributed by atoms with Gasteiger partial charge in [0.2, 0.25) is 0 Å². The molecule has 206 valence electrons. The molecule has 0 aromatic carbocycles. The van der Waals surface area contributed by atoms with Crippen LogP contribution in [0.25, 0.3) is 0 Å². The van der Waals surface area contributed by atoms with Crippen molar-refractivity contribution >= 4 is 15.6 Å². The third-order valence-electron chi connectivity index (χ3n) is 5.35. The Morgan fingerprint density at radius 1 is 1.06 bits per heavy atom. The third kappa shape index (κ3) is 6.75. The lowest BCUT2D eigenvalue weighted by Gasteiger charge is -2.39. The summed E-state index contributed by atoms with van der Waals surface area (Å²) in [5.74, 6) is 0. The van der Waals surface area contributed by atoms with E-state index in [1.54, 1.807) is 0 Å². The van der Waals surface area contributed by atoms with E-state index in [0.29, 0.717) is 0 Å². The highest BCUT2D eigenvalue weighted by Crippen LogP contribution is 2.61. The molecule has 2 saturated heterocycles. The Kier molecular flexibility index (Phi) is 9.08. The first-order chi connectivity index (χ1) is 16.6. The van der Waals surface area contributed by atoms with E-state index < -0.39 is 89.2 Å². The first kappa shape index (κ1) is 29.2. The van der Waals surface area contributed by atoms with E-state index in [9.17, 15) is 48.9 Å². The molecule has 0 aliphatic carbocycles. The number of nitrogens with one attached hydrogen (secondary N) is 1. The molecular weight excluding hydrogens is 538 g/mol. The number of phosphoric ester groups is 2. The lowest BCUT2D eigenvalue weighted by atomic mass is 10.00. The van der Waals surface area contributed by atoms with E-state index in [0.717, 1.165) is 4.57 Å². The van der Waals surface area contributed by atoms with Gasteiger partial charge in [0.05, 0.1) is 19.3 Å². The van der Waals surface area contributed by atoms with E-state index in [2.05, 4.69) is 18.3 Å². The summed E-state index contributed by atoms with van der Waals surface area (Å²) in [7, 11) is -10.9. The second-order valence-corrected chi connectivity index (χ2v) is 11.0. The average Bonchev–Trinajstić information content (AvgIpc) is 3.14. The highest BCUT2D eigenvalue weighted by Gasteiger charge is 2.48. The van der Waals surface area contributed by atoms with Crippen LogP contribution < -0.4 is 11.2 Å². The second kappa shape index (κ2) is 11.2. The lowest BCUT2D eigenvalue weighted by molar-refractivity contribution is -0.280. The van der Waals surface area contributed by atoms with Crippen LogP contribution in [-0.4, -0.2) is 101 Å². The SMILES string of the molecule is Cc1cn([C@H]2C[C@H](O)[C@@H](COP(=O)(O)OP(=O)(O)OC3O[C@@H](CO)[C@@H](O)[C@@H](O)[C@H]3O)O2)c(=O)[nH]c1=O. The third-order valence-corrected chi connectivity index (χ3v) is 7.95. The van der Waals surface area contributed by atoms with Gasteiger partial charge in [-0.3, -0.25) is 23.4 Å². The molecule has 3 rings (SSSR count). The molecular formula is C16H26N2O16P2. The number of aliphatic hydroxyl groups is 5. The van der Waals surface area contributed by atoms with Gasteiger partial charge in [-0.05, 0) is 6.92 Å². The second-order valence-electron chi connectivity index (χ2n) is 8.03. The van der Waals surface area contributed by atoms with Gasteiger partial charge in [-0.2, -0.15) is 4.31 Å². The maximum absolute atomic E-state index is 12.2. The van der Waals surface area contributed by atoms with Crippen molar-refractivity contribution in [2.45, 2.75) is 62.5 Å². The summed E-state index contributed by atoms with van der Waals surface area (Å²) in [6.07, 6.45) is -12.2. The van der Waals surface area contributed by atoms with Gasteiger partial charge >= 0.3 is 21.3 Å². The van der Waals surface area contributed by atoms with Gasteiger partial charge < -0.3 is 44.8 Å². The monoisotopic (exact) mass is 564 g/mol. The van der Waals surface area contributed by atoms with Crippen molar-refractivity contribution in [1.82, 2.24) is 9.55 Å². The first-order valence-corrected chi connectivity index (χ1v) is 13.3. The smallest absolute Gasteiger partial charge is 0.394 e. The van der Waals surface area contributed by atoms with E-state index in [4.69, 9.17) is 14.6 Å². The molecule has 0 radical (unpaired) electrons. The molecule has 1 aromatic rings. The zero-order chi connectivity index (χ0) is 27.0. The largest absolute Gasteiger partial charge is 0.483 e. The minimum absolute atomic E-state index is 0.172. The van der Waals surface area contributed by atoms with E-state index in [-0.39, 0.29) is 12.0 Å². The fourth-order valence-electron chi connectivity index (χ4n) is 3.46. The summed E-state index contributed by atoms with van der Waals surface area (Å²) in [6.45, 7) is -0.305. The topological polar surface area (TPSA) is 277 Å². The van der Waals surface area contributed by atoms with E-state index in [1.807, 2.05) is 0 Å². The molecule has 10 atom stereocenters. The Balaban J connectivity index is 1.59. The van der Waals surface area contributed by atoms with Crippen LogP contribution in [0.3, 0.4) is 0 Å². The molecule has 2 fully saturated rings. The number of aryl methyl sites for hydroxylation is 1. The number of ether oxygens (including phenoxy) is 2. The fourth-order valence-corrected chi connectivity index (χ4v) is 5.62. The van der Waals surface area contributed by atoms with Gasteiger partial charge in [-0.25, -0.2) is 13.9 Å². The average molecular weight is 564 g/mol. The van der Waals surface area contributed by atoms with Crippen LogP contribution in [0.4, 0.5) is 0 Å². The van der Waals surface area contributed by atoms with Crippen LogP contribution in [0.2, 0.25) is 0 Å². The summed E-state index contributed by atoms with van der Waals surface area (Å²) in [5, 5.41) is 48.5. The van der Waals surface area contributed by atoms with Crippen molar-refractivity contribution in [3.05, 3.63) is 32.6 Å². The predicted octanol–water partition coefficient (Wildman–Crippen LogP) is -3.46. The maximum atomic E-state index is 12.2. The number of phosphoric acid groups is 2. The van der Waals surface area contributed by atoms with Crippen molar-refractivity contribution in [2.75, 3.05) is 13.2 Å². The predicted molar refractivity (Wildman–Crippen MR) is 112 cm³/mol. The van der Waals surface area contributed by atoms with Crippen LogP contribution in [0, 0.1) is 6.92 Å². The van der Waals surface area contributed by atoms with Crippen LogP contribution in [0.5, 0.6) is 0 Å². The molecule has 3 heterocycles. The minimum Gasteiger partial charge on any atom is -0.394 e. The van der Waals surface area contributed by atoms with E-state index >= 15 is 0 Å². The molecule has 3 unspecified atom stereocenters. The Morgan fingerprint density at radius 3 is 2.36 bits per heavy atom. The molecule has 0 bridgehead atoms. The van der Waals surface area contributed by atoms with Gasteiger partial charge in [0.25, 0.3) is 5.56 Å². The summed E-state index contributed by atoms with van der Waals surface area (Å²) in [6, 6.07) is 0. The van der Waals surface area contributed by atoms with Crippen molar-refractivity contribution in [2.24, 2.45) is 0 Å². The summed E-state index contributed by atoms with van der Waals surface area (Å²) >= 11 is 0. The summed E-state index contributed by atoms with van der Waals surface area (Å²) in [5.41, 5.74) is -1.27. The van der Waals surface area contributed by atoms with Crippen molar-refractivity contribution in [1.29, 1.82) is 0 Å². The van der Waals surface area contributed by atoms with Gasteiger partial charge in [0.15, 0.2) is 6.29 Å². The zero-order valence-electron chi connectivity index (χ0n) is 18.5. The number of aromatic amines is 1. The van der Waals surface area contributed by atoms with Gasteiger partial charge in [-0.1, -0.05) is 0 Å². The Bertz CT molecular complexity index is 1140. The number of rotatable bonds is 9. The van der Waals surface area contributed by atoms with E-state index in [1.165, 1.54) is 13.1 Å². The molecule has 20 heteroatoms. The number of hydrogen-bond donors (Lipinski definition) is 8. The highest BCUT2D eigenvalue weighted by atomic mass is 31.3. The molecule has 8 N–H and O–H groups in total. The van der Waals surface area contributed by atoms with Crippen LogP contribution >= 0.6 is 15.6 Å². The van der Waals surface area contributed by atoms with Crippen molar-refractivity contribution in [3.8, 4) is 0 Å². The Morgan fingerprint density at radius 2 is 1.72 bits per heavy atom. The molecule has 18 nitrogen and oxygen atoms in total. The first-order valence-electron chi connectivity index (χ1n) is 10.3. The molecule has 2 aliphatic rings. The van der Waals surface area contributed by atoms with Gasteiger partial charge in [0, 0.05) is 18.2 Å². The van der Waals surface area contributed by atoms with Gasteiger partial charge in [0.1, 0.15) is 36.7 Å². The lowest BCUT2D eigenvalue weighted by Crippen LogP contribution is -2.58. The Labute approximate surface area is 201 Å². The quantitative estimate of drug-likeness (QED) is 0.135. The molecule has 36 heavy (non-hydrogen) atoms. The molecule has 1 aromatic heterocycles. The molecule has 0 saturated carbocycles. The molecule has 0 spiro atoms. The number of aromatic nitrogens is 2. The van der Waals surface area contributed by atoms with Crippen LogP contribution in [-0.2, 0) is 32.0 Å². The van der Waals surface area contributed by atoms with Gasteiger partial charge in [-0.15, -0.1) is 0 Å². The minimum atomic E-state index is -5.54. The summed E-state index contributed by atoms with van der Waals surface area (Å²) in [4.78, 5) is 45.2. The Hall–Kier alpha value is -1.34. The normalized spacial score (nSPS) is 36.3. The number of hydrogen-bond acceptors (Lipinski definition) is 14. The zero-order valence-corrected chi connectivity index (χ0v) is 20.3. The number of H-pyrrole nitrogens is 1. The highest BCUT2D eigenvalue weighted by molar-refractivity contribution is 7.61. The number of aliphatic hydroxyl groups excluding tert-OH is 5. The molecule has 2 aliphatic heterocycles. The standard InChI is InChI=1S/C16H26N2O16P2/c1-6-3-18(16(25)17-14(6)24)10-2-7(20)9(31-10)5-30-35(26,27)34-36(28,29)33-15-13(23)12(22)11(21)8(4-19)32-15/h3,7-13,15,19-23H,2,4-5H2,1H3,(H,26,27)(H,28,29)(H,17,24,25)/t7-,8-,9+,10+,11+,12+,13+,15?/m0/s1. The number of nitrogens with zero attached hydrogens (tertiary/aromatic N) is 1. The summed E-state index contributed by atoms with van der Waals surface area (Å²) < 4.78 is 48.8. The van der Waals surface area contributed by atoms with Crippen molar-refractivity contribution in [3.63, 3.8) is 0 Å². The fraction of sp³-hybridized carbons (Fsp3) is 0.750. The van der Waals surface area contributed by atoms with Crippen LogP contribution in [0.15, 0.2) is 15.8 Å². The van der Waals surface area contributed by atoms with Crippen LogP contribution in [0.1, 0.15) is 18.2 Å². The maximum Gasteiger partial charge on any atom is 0.483 e. The molecule has 0 amide bonds.